The van der Waals surface area contributed by atoms with Crippen LogP contribution in [0.5, 0.6) is 0 Å². The molecule has 0 amide bonds. The number of likely N-dealkylation sites (N-methyl/N-ethyl adjacent to an activating group) is 1. The number of rotatable bonds is 0. The predicted molar refractivity (Wildman–Crippen MR) is 78.5 cm³/mol. The van der Waals surface area contributed by atoms with Gasteiger partial charge in [0.05, 0.1) is 17.2 Å². The lowest BCUT2D eigenvalue weighted by Crippen LogP contribution is -2.44. The van der Waals surface area contributed by atoms with E-state index in [1.54, 1.807) is 0 Å². The first-order chi connectivity index (χ1) is 9.93. The number of hydrogen-bond donors (Lipinski definition) is 0. The summed E-state index contributed by atoms with van der Waals surface area (Å²) in [5.41, 5.74) is 3.78. The normalized spacial score (nSPS) is 25.4. The van der Waals surface area contributed by atoms with E-state index in [9.17, 15) is 9.59 Å². The van der Waals surface area contributed by atoms with Gasteiger partial charge in [0.15, 0.2) is 0 Å². The van der Waals surface area contributed by atoms with Crippen LogP contribution in [-0.2, 0) is 14.3 Å². The first kappa shape index (κ1) is 12.4. The Hall–Kier alpha value is -2.36. The molecular weight excluding hydrogens is 266 g/mol. The molecule has 106 valence electrons. The smallest absolute Gasteiger partial charge is 0.346 e. The van der Waals surface area contributed by atoms with Gasteiger partial charge in [-0.2, -0.15) is 0 Å². The van der Waals surface area contributed by atoms with Gasteiger partial charge in [0.2, 0.25) is 0 Å². The van der Waals surface area contributed by atoms with Crippen molar-refractivity contribution < 1.29 is 14.3 Å². The van der Waals surface area contributed by atoms with E-state index in [1.165, 1.54) is 0 Å². The van der Waals surface area contributed by atoms with Crippen molar-refractivity contribution in [3.8, 4) is 0 Å². The standard InChI is InChI=1S/C17H15NO3/c1-17(2)13-11(15(19)21-16(13)20)8-10-9-6-4-5-7-12(9)18(3)14(10)17/h4-8,14H,1-3H3. The van der Waals surface area contributed by atoms with Crippen molar-refractivity contribution in [1.29, 1.82) is 0 Å². The Balaban J connectivity index is 2.01. The molecule has 0 saturated carbocycles. The Morgan fingerprint density at radius 2 is 1.86 bits per heavy atom. The Labute approximate surface area is 122 Å². The number of nitrogens with zero attached hydrogens (tertiary/aromatic N) is 1. The summed E-state index contributed by atoms with van der Waals surface area (Å²) in [5.74, 6) is -1.03. The molecule has 0 spiro atoms. The van der Waals surface area contributed by atoms with Gasteiger partial charge in [0.25, 0.3) is 0 Å². The summed E-state index contributed by atoms with van der Waals surface area (Å²) in [6.45, 7) is 4.00. The zero-order valence-electron chi connectivity index (χ0n) is 12.1. The number of hydrogen-bond acceptors (Lipinski definition) is 4. The molecule has 4 nitrogen and oxygen atoms in total. The van der Waals surface area contributed by atoms with Gasteiger partial charge >= 0.3 is 11.9 Å². The fourth-order valence-electron chi connectivity index (χ4n) is 3.99. The summed E-state index contributed by atoms with van der Waals surface area (Å²) >= 11 is 0. The van der Waals surface area contributed by atoms with E-state index in [0.717, 1.165) is 16.8 Å². The van der Waals surface area contributed by atoms with Crippen LogP contribution in [0.25, 0.3) is 5.57 Å². The summed E-state index contributed by atoms with van der Waals surface area (Å²) in [5, 5.41) is 0. The zero-order chi connectivity index (χ0) is 14.9. The minimum absolute atomic E-state index is 0.0344. The molecule has 1 aromatic rings. The molecule has 2 heterocycles. The molecular formula is C17H15NO3. The number of ether oxygens (including phenoxy) is 1. The monoisotopic (exact) mass is 281 g/mol. The maximum Gasteiger partial charge on any atom is 0.346 e. The predicted octanol–water partition coefficient (Wildman–Crippen LogP) is 2.31. The van der Waals surface area contributed by atoms with Gasteiger partial charge in [-0.1, -0.05) is 32.0 Å². The van der Waals surface area contributed by atoms with Crippen molar-refractivity contribution in [3.63, 3.8) is 0 Å². The third-order valence-corrected chi connectivity index (χ3v) is 4.78. The third kappa shape index (κ3) is 1.35. The molecule has 0 radical (unpaired) electrons. The third-order valence-electron chi connectivity index (χ3n) is 4.78. The molecule has 2 aliphatic heterocycles. The zero-order valence-corrected chi connectivity index (χ0v) is 12.1. The summed E-state index contributed by atoms with van der Waals surface area (Å²) in [6.07, 6.45) is 1.83. The van der Waals surface area contributed by atoms with Crippen LogP contribution in [0.4, 0.5) is 5.69 Å². The largest absolute Gasteiger partial charge is 0.386 e. The van der Waals surface area contributed by atoms with E-state index < -0.39 is 17.4 Å². The Kier molecular flexibility index (Phi) is 2.15. The minimum atomic E-state index is -0.527. The van der Waals surface area contributed by atoms with Crippen molar-refractivity contribution >= 4 is 23.2 Å². The number of carbonyl (C=O) groups excluding carboxylic acids is 2. The van der Waals surface area contributed by atoms with Crippen LogP contribution in [0, 0.1) is 5.41 Å². The van der Waals surface area contributed by atoms with Gasteiger partial charge in [-0.05, 0) is 17.7 Å². The van der Waals surface area contributed by atoms with Crippen LogP contribution >= 0.6 is 0 Å². The lowest BCUT2D eigenvalue weighted by atomic mass is 9.69. The van der Waals surface area contributed by atoms with E-state index >= 15 is 0 Å². The maximum atomic E-state index is 12.1. The molecule has 1 aromatic carbocycles. The van der Waals surface area contributed by atoms with Crippen molar-refractivity contribution in [2.45, 2.75) is 19.9 Å². The molecule has 1 aliphatic carbocycles. The number of anilines is 1. The van der Waals surface area contributed by atoms with Crippen molar-refractivity contribution in [2.75, 3.05) is 11.9 Å². The van der Waals surface area contributed by atoms with Crippen molar-refractivity contribution in [1.82, 2.24) is 0 Å². The highest BCUT2D eigenvalue weighted by molar-refractivity contribution is 6.17. The number of cyclic esters (lactones) is 2. The first-order valence-electron chi connectivity index (χ1n) is 6.98. The second-order valence-corrected chi connectivity index (χ2v) is 6.32. The summed E-state index contributed by atoms with van der Waals surface area (Å²) < 4.78 is 4.82. The van der Waals surface area contributed by atoms with Gasteiger partial charge in [-0.3, -0.25) is 0 Å². The van der Waals surface area contributed by atoms with E-state index in [4.69, 9.17) is 4.74 Å². The highest BCUT2D eigenvalue weighted by atomic mass is 16.6. The summed E-state index contributed by atoms with van der Waals surface area (Å²) in [4.78, 5) is 26.2. The van der Waals surface area contributed by atoms with Gasteiger partial charge in [0.1, 0.15) is 0 Å². The van der Waals surface area contributed by atoms with Gasteiger partial charge in [0, 0.05) is 23.7 Å². The Bertz CT molecular complexity index is 770. The number of esters is 2. The van der Waals surface area contributed by atoms with E-state index in [-0.39, 0.29) is 6.04 Å². The molecule has 0 fully saturated rings. The molecule has 1 unspecified atom stereocenters. The highest BCUT2D eigenvalue weighted by Crippen LogP contribution is 2.54. The first-order valence-corrected chi connectivity index (χ1v) is 6.98. The van der Waals surface area contributed by atoms with Crippen LogP contribution in [0.3, 0.4) is 0 Å². The SMILES string of the molecule is CN1c2ccccc2C2=CC3=C(C(=O)OC3=O)C(C)(C)C21. The van der Waals surface area contributed by atoms with Crippen molar-refractivity contribution in [3.05, 3.63) is 47.1 Å². The van der Waals surface area contributed by atoms with Crippen LogP contribution in [-0.4, -0.2) is 25.0 Å². The quantitative estimate of drug-likeness (QED) is 0.541. The lowest BCUT2D eigenvalue weighted by molar-refractivity contribution is -0.151. The van der Waals surface area contributed by atoms with Gasteiger partial charge in [-0.25, -0.2) is 9.59 Å². The second-order valence-electron chi connectivity index (χ2n) is 6.32. The van der Waals surface area contributed by atoms with E-state index in [1.807, 2.05) is 39.1 Å². The average Bonchev–Trinajstić information content (AvgIpc) is 2.88. The van der Waals surface area contributed by atoms with Crippen molar-refractivity contribution in [2.24, 2.45) is 5.41 Å². The maximum absolute atomic E-state index is 12.1. The molecule has 0 saturated heterocycles. The van der Waals surface area contributed by atoms with E-state index in [0.29, 0.717) is 11.1 Å². The minimum Gasteiger partial charge on any atom is -0.386 e. The topological polar surface area (TPSA) is 46.6 Å². The number of fused-ring (bicyclic) bond motifs is 3. The van der Waals surface area contributed by atoms with Crippen LogP contribution in [0.1, 0.15) is 19.4 Å². The molecule has 0 N–H and O–H groups in total. The molecule has 3 aliphatic rings. The number of benzene rings is 1. The Morgan fingerprint density at radius 3 is 2.62 bits per heavy atom. The fourth-order valence-corrected chi connectivity index (χ4v) is 3.99. The van der Waals surface area contributed by atoms with Crippen LogP contribution in [0.15, 0.2) is 41.5 Å². The Morgan fingerprint density at radius 1 is 1.14 bits per heavy atom. The second kappa shape index (κ2) is 3.64. The lowest BCUT2D eigenvalue weighted by Gasteiger charge is -2.40. The molecule has 1 atom stereocenters. The molecule has 0 bridgehead atoms. The molecule has 4 rings (SSSR count). The molecule has 21 heavy (non-hydrogen) atoms. The number of carbonyl (C=O) groups is 2. The average molecular weight is 281 g/mol. The summed E-state index contributed by atoms with van der Waals surface area (Å²) in [6, 6.07) is 8.15. The summed E-state index contributed by atoms with van der Waals surface area (Å²) in [7, 11) is 2.03. The van der Waals surface area contributed by atoms with E-state index in [2.05, 4.69) is 17.0 Å². The number of para-hydroxylation sites is 1. The van der Waals surface area contributed by atoms with Gasteiger partial charge < -0.3 is 9.64 Å². The molecule has 0 aromatic heterocycles. The molecule has 4 heteroatoms. The van der Waals surface area contributed by atoms with Crippen LogP contribution < -0.4 is 4.90 Å². The van der Waals surface area contributed by atoms with Gasteiger partial charge in [-0.15, -0.1) is 0 Å². The highest BCUT2D eigenvalue weighted by Gasteiger charge is 2.53. The fraction of sp³-hybridized carbons (Fsp3) is 0.294. The van der Waals surface area contributed by atoms with Crippen LogP contribution in [0.2, 0.25) is 0 Å².